The Balaban J connectivity index is 1.74. The van der Waals surface area contributed by atoms with Gasteiger partial charge >= 0.3 is 0 Å². The first-order chi connectivity index (χ1) is 12.0. The van der Waals surface area contributed by atoms with E-state index in [1.165, 1.54) is 24.3 Å². The lowest BCUT2D eigenvalue weighted by molar-refractivity contribution is 0.102. The van der Waals surface area contributed by atoms with Crippen LogP contribution in [0.1, 0.15) is 16.2 Å². The number of alkyl halides is 2. The molecule has 1 aromatic heterocycles. The van der Waals surface area contributed by atoms with Crippen LogP contribution in [0.25, 0.3) is 5.69 Å². The molecule has 0 unspecified atom stereocenters. The summed E-state index contributed by atoms with van der Waals surface area (Å²) >= 11 is 0.438. The summed E-state index contributed by atoms with van der Waals surface area (Å²) in [5, 5.41) is 14.0. The van der Waals surface area contributed by atoms with Gasteiger partial charge in [0.05, 0.1) is 5.69 Å². The molecule has 0 saturated carbocycles. The van der Waals surface area contributed by atoms with Crippen LogP contribution in [0.2, 0.25) is 0 Å². The van der Waals surface area contributed by atoms with Crippen LogP contribution in [-0.2, 0) is 0 Å². The number of carbonyl (C=O) groups excluding carboxylic acids is 1. The first kappa shape index (κ1) is 17.0. The Hall–Kier alpha value is -2.81. The van der Waals surface area contributed by atoms with Crippen molar-refractivity contribution in [1.82, 2.24) is 20.2 Å². The summed E-state index contributed by atoms with van der Waals surface area (Å²) in [4.78, 5) is 12.7. The average molecular weight is 361 g/mol. The molecule has 0 bridgehead atoms. The molecule has 0 aliphatic carbocycles. The number of aryl methyl sites for hydroxylation is 1. The number of rotatable bonds is 5. The van der Waals surface area contributed by atoms with Crippen molar-refractivity contribution in [3.63, 3.8) is 0 Å². The van der Waals surface area contributed by atoms with Crippen molar-refractivity contribution >= 4 is 23.4 Å². The van der Waals surface area contributed by atoms with Crippen LogP contribution in [0.5, 0.6) is 0 Å². The Morgan fingerprint density at radius 1 is 1.20 bits per heavy atom. The molecule has 9 heteroatoms. The third-order valence-corrected chi connectivity index (χ3v) is 4.04. The average Bonchev–Trinajstić information content (AvgIpc) is 3.01. The van der Waals surface area contributed by atoms with Gasteiger partial charge < -0.3 is 5.32 Å². The van der Waals surface area contributed by atoms with Crippen LogP contribution in [0, 0.1) is 6.92 Å². The van der Waals surface area contributed by atoms with E-state index in [-0.39, 0.29) is 5.91 Å². The van der Waals surface area contributed by atoms with E-state index in [9.17, 15) is 13.6 Å². The lowest BCUT2D eigenvalue weighted by Gasteiger charge is -2.08. The molecule has 0 saturated heterocycles. The van der Waals surface area contributed by atoms with Gasteiger partial charge in [0.1, 0.15) is 0 Å². The number of nitrogens with one attached hydrogen (secondary N) is 1. The zero-order chi connectivity index (χ0) is 17.8. The van der Waals surface area contributed by atoms with Crippen LogP contribution in [0.15, 0.2) is 53.4 Å². The van der Waals surface area contributed by atoms with E-state index < -0.39 is 5.76 Å². The lowest BCUT2D eigenvalue weighted by Crippen LogP contribution is -2.12. The highest BCUT2D eigenvalue weighted by Crippen LogP contribution is 2.25. The maximum atomic E-state index is 12.3. The van der Waals surface area contributed by atoms with E-state index in [2.05, 4.69) is 20.8 Å². The minimum atomic E-state index is -2.49. The van der Waals surface area contributed by atoms with Crippen molar-refractivity contribution in [1.29, 1.82) is 0 Å². The number of halogens is 2. The predicted octanol–water partition coefficient (Wildman–Crippen LogP) is 3.54. The Morgan fingerprint density at radius 3 is 2.60 bits per heavy atom. The van der Waals surface area contributed by atoms with E-state index >= 15 is 0 Å². The van der Waals surface area contributed by atoms with Crippen molar-refractivity contribution in [2.75, 3.05) is 5.32 Å². The van der Waals surface area contributed by atoms with Crippen molar-refractivity contribution < 1.29 is 13.6 Å². The number of thioether (sulfide) groups is 1. The van der Waals surface area contributed by atoms with Crippen LogP contribution in [0.4, 0.5) is 14.5 Å². The topological polar surface area (TPSA) is 72.7 Å². The van der Waals surface area contributed by atoms with Crippen LogP contribution in [0.3, 0.4) is 0 Å². The Kier molecular flexibility index (Phi) is 5.03. The summed E-state index contributed by atoms with van der Waals surface area (Å²) in [6, 6.07) is 13.1. The van der Waals surface area contributed by atoms with Crippen molar-refractivity contribution in [3.05, 3.63) is 59.9 Å². The van der Waals surface area contributed by atoms with E-state index in [1.807, 2.05) is 6.07 Å². The summed E-state index contributed by atoms with van der Waals surface area (Å²) < 4.78 is 26.2. The molecular weight excluding hydrogens is 348 g/mol. The molecule has 128 valence electrons. The number of amides is 1. The van der Waals surface area contributed by atoms with E-state index in [1.54, 1.807) is 29.8 Å². The zero-order valence-corrected chi connectivity index (χ0v) is 13.9. The van der Waals surface area contributed by atoms with Crippen LogP contribution >= 0.6 is 11.8 Å². The maximum Gasteiger partial charge on any atom is 0.288 e. The quantitative estimate of drug-likeness (QED) is 0.704. The molecule has 2 aromatic carbocycles. The number of hydrogen-bond donors (Lipinski definition) is 1. The fourth-order valence-electron chi connectivity index (χ4n) is 2.18. The Morgan fingerprint density at radius 2 is 1.96 bits per heavy atom. The Bertz CT molecular complexity index is 882. The lowest BCUT2D eigenvalue weighted by atomic mass is 10.2. The van der Waals surface area contributed by atoms with Crippen molar-refractivity contribution in [2.24, 2.45) is 0 Å². The van der Waals surface area contributed by atoms with Crippen molar-refractivity contribution in [3.8, 4) is 5.69 Å². The highest BCUT2D eigenvalue weighted by atomic mass is 32.2. The summed E-state index contributed by atoms with van der Waals surface area (Å²) in [5.74, 6) is -2.20. The second-order valence-electron chi connectivity index (χ2n) is 5.05. The van der Waals surface area contributed by atoms with Crippen LogP contribution < -0.4 is 5.32 Å². The molecule has 0 atom stereocenters. The SMILES string of the molecule is Cc1nnnn1-c1cccc(NC(=O)c2ccc(SC(F)F)cc2)c1. The molecule has 0 aliphatic heterocycles. The maximum absolute atomic E-state index is 12.3. The van der Waals surface area contributed by atoms with E-state index in [0.717, 1.165) is 0 Å². The summed E-state index contributed by atoms with van der Waals surface area (Å²) in [6.45, 7) is 1.77. The number of aromatic nitrogens is 4. The Labute approximate surface area is 146 Å². The predicted molar refractivity (Wildman–Crippen MR) is 90.1 cm³/mol. The fourth-order valence-corrected chi connectivity index (χ4v) is 2.68. The van der Waals surface area contributed by atoms with E-state index in [4.69, 9.17) is 0 Å². The van der Waals surface area contributed by atoms with Gasteiger partial charge in [-0.2, -0.15) is 13.5 Å². The zero-order valence-electron chi connectivity index (χ0n) is 13.1. The number of benzene rings is 2. The molecule has 3 rings (SSSR count). The number of tetrazole rings is 1. The van der Waals surface area contributed by atoms with Gasteiger partial charge in [-0.25, -0.2) is 0 Å². The number of anilines is 1. The van der Waals surface area contributed by atoms with Gasteiger partial charge in [-0.15, -0.1) is 5.10 Å². The van der Waals surface area contributed by atoms with Gasteiger partial charge in [0.25, 0.3) is 11.7 Å². The van der Waals surface area contributed by atoms with Gasteiger partial charge in [0.15, 0.2) is 5.82 Å². The molecule has 0 fully saturated rings. The monoisotopic (exact) mass is 361 g/mol. The highest BCUT2D eigenvalue weighted by molar-refractivity contribution is 7.99. The molecule has 1 amide bonds. The first-order valence-electron chi connectivity index (χ1n) is 7.24. The summed E-state index contributed by atoms with van der Waals surface area (Å²) in [7, 11) is 0. The number of carbonyl (C=O) groups is 1. The van der Waals surface area contributed by atoms with Gasteiger partial charge in [0, 0.05) is 16.1 Å². The van der Waals surface area contributed by atoms with Crippen LogP contribution in [-0.4, -0.2) is 31.9 Å². The molecular formula is C16H13F2N5OS. The molecule has 1 N–H and O–H groups in total. The molecule has 6 nitrogen and oxygen atoms in total. The summed E-state index contributed by atoms with van der Waals surface area (Å²) in [6.07, 6.45) is 0. The third kappa shape index (κ3) is 4.18. The summed E-state index contributed by atoms with van der Waals surface area (Å²) in [5.41, 5.74) is 1.66. The second-order valence-corrected chi connectivity index (χ2v) is 6.11. The third-order valence-electron chi connectivity index (χ3n) is 3.32. The van der Waals surface area contributed by atoms with Gasteiger partial charge in [0.2, 0.25) is 0 Å². The van der Waals surface area contributed by atoms with Gasteiger partial charge in [-0.05, 0) is 59.8 Å². The van der Waals surface area contributed by atoms with Gasteiger partial charge in [-0.3, -0.25) is 4.79 Å². The normalized spacial score (nSPS) is 10.9. The van der Waals surface area contributed by atoms with Gasteiger partial charge in [-0.1, -0.05) is 17.8 Å². The molecule has 25 heavy (non-hydrogen) atoms. The smallest absolute Gasteiger partial charge is 0.288 e. The van der Waals surface area contributed by atoms with Crippen molar-refractivity contribution in [2.45, 2.75) is 17.6 Å². The minimum absolute atomic E-state index is 0.334. The first-order valence-corrected chi connectivity index (χ1v) is 8.12. The highest BCUT2D eigenvalue weighted by Gasteiger charge is 2.10. The largest absolute Gasteiger partial charge is 0.322 e. The molecule has 0 spiro atoms. The fraction of sp³-hybridized carbons (Fsp3) is 0.125. The van der Waals surface area contributed by atoms with E-state index in [0.29, 0.717) is 39.4 Å². The standard InChI is InChI=1S/C16H13F2N5OS/c1-10-20-21-22-23(10)13-4-2-3-12(9-13)19-15(24)11-5-7-14(8-6-11)25-16(17)18/h2-9,16H,1H3,(H,19,24). The second kappa shape index (κ2) is 7.39. The molecule has 3 aromatic rings. The number of hydrogen-bond acceptors (Lipinski definition) is 5. The molecule has 1 heterocycles. The number of nitrogens with zero attached hydrogens (tertiary/aromatic N) is 4. The molecule has 0 radical (unpaired) electrons. The minimum Gasteiger partial charge on any atom is -0.322 e. The molecule has 0 aliphatic rings.